The summed E-state index contributed by atoms with van der Waals surface area (Å²) in [5, 5.41) is 0.431. The largest absolute Gasteiger partial charge is 0.496 e. The third kappa shape index (κ3) is 3.35. The van der Waals surface area contributed by atoms with Gasteiger partial charge in [0.15, 0.2) is 0 Å². The van der Waals surface area contributed by atoms with Crippen LogP contribution in [0.25, 0.3) is 0 Å². The average Bonchev–Trinajstić information content (AvgIpc) is 3.19. The van der Waals surface area contributed by atoms with Gasteiger partial charge in [0, 0.05) is 11.1 Å². The molecule has 0 radical (unpaired) electrons. The lowest BCUT2D eigenvalue weighted by atomic mass is 10.1. The molecule has 1 aliphatic rings. The van der Waals surface area contributed by atoms with Crippen molar-refractivity contribution in [2.75, 3.05) is 13.7 Å². The summed E-state index contributed by atoms with van der Waals surface area (Å²) in [6, 6.07) is 4.47. The number of rotatable bonds is 5. The predicted octanol–water partition coefficient (Wildman–Crippen LogP) is 3.22. The highest BCUT2D eigenvalue weighted by Crippen LogP contribution is 2.31. The Morgan fingerprint density at radius 1 is 1.53 bits per heavy atom. The number of halogens is 3. The van der Waals surface area contributed by atoms with Crippen LogP contribution >= 0.6 is 11.6 Å². The number of carbonyl (C=O) groups is 1. The molecule has 6 heteroatoms. The fourth-order valence-electron chi connectivity index (χ4n) is 1.93. The molecule has 0 unspecified atom stereocenters. The smallest absolute Gasteiger partial charge is 0.258 e. The van der Waals surface area contributed by atoms with E-state index in [1.54, 1.807) is 6.07 Å². The van der Waals surface area contributed by atoms with Gasteiger partial charge in [-0.15, -0.1) is 0 Å². The van der Waals surface area contributed by atoms with Crippen molar-refractivity contribution in [3.8, 4) is 5.75 Å². The Bertz CT molecular complexity index is 478. The first-order valence-electron chi connectivity index (χ1n) is 5.95. The van der Waals surface area contributed by atoms with Crippen LogP contribution in [0.4, 0.5) is 8.78 Å². The van der Waals surface area contributed by atoms with Crippen molar-refractivity contribution in [1.29, 1.82) is 0 Å². The number of ether oxygens (including phenoxy) is 1. The number of hydrogen-bond acceptors (Lipinski definition) is 2. The van der Waals surface area contributed by atoms with Crippen molar-refractivity contribution in [3.05, 3.63) is 28.8 Å². The van der Waals surface area contributed by atoms with Crippen molar-refractivity contribution in [3.63, 3.8) is 0 Å². The monoisotopic (exact) mass is 289 g/mol. The number of carbonyl (C=O) groups excluding carboxylic acids is 1. The molecule has 0 saturated heterocycles. The van der Waals surface area contributed by atoms with Gasteiger partial charge in [0.1, 0.15) is 5.75 Å². The molecule has 0 aromatic heterocycles. The van der Waals surface area contributed by atoms with E-state index in [4.69, 9.17) is 16.3 Å². The van der Waals surface area contributed by atoms with E-state index in [9.17, 15) is 13.6 Å². The highest BCUT2D eigenvalue weighted by atomic mass is 35.5. The Labute approximate surface area is 115 Å². The minimum Gasteiger partial charge on any atom is -0.496 e. The lowest BCUT2D eigenvalue weighted by molar-refractivity contribution is 0.0531. The summed E-state index contributed by atoms with van der Waals surface area (Å²) < 4.78 is 30.2. The Kier molecular flexibility index (Phi) is 4.24. The minimum atomic E-state index is -2.54. The van der Waals surface area contributed by atoms with Gasteiger partial charge in [0.25, 0.3) is 12.3 Å². The van der Waals surface area contributed by atoms with Crippen LogP contribution in [-0.4, -0.2) is 36.9 Å². The van der Waals surface area contributed by atoms with Crippen LogP contribution in [0.3, 0.4) is 0 Å². The number of hydrogen-bond donors (Lipinski definition) is 0. The molecular weight excluding hydrogens is 276 g/mol. The number of methoxy groups -OCH3 is 1. The molecule has 0 heterocycles. The lowest BCUT2D eigenvalue weighted by Crippen LogP contribution is -2.37. The van der Waals surface area contributed by atoms with Crippen molar-refractivity contribution >= 4 is 17.5 Å². The summed E-state index contributed by atoms with van der Waals surface area (Å²) in [6.45, 7) is -0.546. The second kappa shape index (κ2) is 5.74. The van der Waals surface area contributed by atoms with Gasteiger partial charge in [0.05, 0.1) is 19.2 Å². The van der Waals surface area contributed by atoms with E-state index in [0.29, 0.717) is 10.8 Å². The maximum atomic E-state index is 12.5. The summed E-state index contributed by atoms with van der Waals surface area (Å²) in [4.78, 5) is 13.5. The Morgan fingerprint density at radius 3 is 2.74 bits per heavy atom. The molecule has 1 fully saturated rings. The Morgan fingerprint density at radius 2 is 2.21 bits per heavy atom. The third-order valence-corrected chi connectivity index (χ3v) is 3.21. The standard InChI is InChI=1S/C13H14ClF2NO2/c1-19-11-6-8(14)2-5-10(11)13(18)17(7-12(15)16)9-3-4-9/h2,5-6,9,12H,3-4,7H2,1H3. The van der Waals surface area contributed by atoms with E-state index >= 15 is 0 Å². The van der Waals surface area contributed by atoms with Crippen molar-refractivity contribution in [2.45, 2.75) is 25.3 Å². The second-order valence-electron chi connectivity index (χ2n) is 4.42. The van der Waals surface area contributed by atoms with Gasteiger partial charge in [-0.2, -0.15) is 0 Å². The van der Waals surface area contributed by atoms with Crippen LogP contribution in [0.2, 0.25) is 5.02 Å². The van der Waals surface area contributed by atoms with Gasteiger partial charge < -0.3 is 9.64 Å². The highest BCUT2D eigenvalue weighted by molar-refractivity contribution is 6.30. The zero-order valence-electron chi connectivity index (χ0n) is 10.4. The molecule has 0 atom stereocenters. The molecule has 0 aliphatic heterocycles. The Hall–Kier alpha value is -1.36. The molecule has 1 amide bonds. The van der Waals surface area contributed by atoms with Crippen LogP contribution < -0.4 is 4.74 Å². The van der Waals surface area contributed by atoms with Gasteiger partial charge >= 0.3 is 0 Å². The van der Waals surface area contributed by atoms with Gasteiger partial charge in [-0.1, -0.05) is 11.6 Å². The van der Waals surface area contributed by atoms with Crippen LogP contribution in [0, 0.1) is 0 Å². The zero-order valence-corrected chi connectivity index (χ0v) is 11.2. The van der Waals surface area contributed by atoms with Crippen LogP contribution in [0.5, 0.6) is 5.75 Å². The van der Waals surface area contributed by atoms with E-state index in [1.807, 2.05) is 0 Å². The molecule has 0 bridgehead atoms. The number of nitrogens with zero attached hydrogens (tertiary/aromatic N) is 1. The van der Waals surface area contributed by atoms with Crippen LogP contribution in [0.15, 0.2) is 18.2 Å². The van der Waals surface area contributed by atoms with Gasteiger partial charge in [-0.3, -0.25) is 4.79 Å². The van der Waals surface area contributed by atoms with Crippen molar-refractivity contribution in [1.82, 2.24) is 4.90 Å². The summed E-state index contributed by atoms with van der Waals surface area (Å²) in [5.74, 6) is -0.131. The molecule has 0 N–H and O–H groups in total. The Balaban J connectivity index is 2.25. The average molecular weight is 290 g/mol. The first kappa shape index (κ1) is 14.1. The third-order valence-electron chi connectivity index (χ3n) is 2.98. The first-order chi connectivity index (χ1) is 9.02. The maximum absolute atomic E-state index is 12.5. The molecule has 19 heavy (non-hydrogen) atoms. The summed E-state index contributed by atoms with van der Waals surface area (Å²) in [6.07, 6.45) is -0.995. The summed E-state index contributed by atoms with van der Waals surface area (Å²) in [7, 11) is 1.41. The molecule has 2 rings (SSSR count). The summed E-state index contributed by atoms with van der Waals surface area (Å²) in [5.41, 5.74) is 0.263. The molecule has 104 valence electrons. The van der Waals surface area contributed by atoms with Crippen molar-refractivity contribution < 1.29 is 18.3 Å². The highest BCUT2D eigenvalue weighted by Gasteiger charge is 2.35. The molecule has 3 nitrogen and oxygen atoms in total. The summed E-state index contributed by atoms with van der Waals surface area (Å²) >= 11 is 5.81. The predicted molar refractivity (Wildman–Crippen MR) is 68.1 cm³/mol. The first-order valence-corrected chi connectivity index (χ1v) is 6.33. The second-order valence-corrected chi connectivity index (χ2v) is 4.86. The maximum Gasteiger partial charge on any atom is 0.258 e. The quantitative estimate of drug-likeness (QED) is 0.833. The number of alkyl halides is 2. The van der Waals surface area contributed by atoms with Gasteiger partial charge in [0.2, 0.25) is 0 Å². The normalized spacial score (nSPS) is 14.6. The van der Waals surface area contributed by atoms with Crippen molar-refractivity contribution in [2.24, 2.45) is 0 Å². The van der Waals surface area contributed by atoms with E-state index < -0.39 is 18.9 Å². The molecule has 1 aliphatic carbocycles. The van der Waals surface area contributed by atoms with E-state index in [-0.39, 0.29) is 11.6 Å². The molecule has 1 aromatic rings. The van der Waals surface area contributed by atoms with Crippen LogP contribution in [-0.2, 0) is 0 Å². The minimum absolute atomic E-state index is 0.0816. The topological polar surface area (TPSA) is 29.5 Å². The van der Waals surface area contributed by atoms with E-state index in [0.717, 1.165) is 12.8 Å². The lowest BCUT2D eigenvalue weighted by Gasteiger charge is -2.23. The zero-order chi connectivity index (χ0) is 14.0. The molecule has 0 spiro atoms. The molecule has 1 saturated carbocycles. The molecule has 1 aromatic carbocycles. The van der Waals surface area contributed by atoms with Gasteiger partial charge in [-0.25, -0.2) is 8.78 Å². The fourth-order valence-corrected chi connectivity index (χ4v) is 2.09. The van der Waals surface area contributed by atoms with Gasteiger partial charge in [-0.05, 0) is 31.0 Å². The van der Waals surface area contributed by atoms with Crippen LogP contribution in [0.1, 0.15) is 23.2 Å². The fraction of sp³-hybridized carbons (Fsp3) is 0.462. The number of amides is 1. The SMILES string of the molecule is COc1cc(Cl)ccc1C(=O)N(CC(F)F)C1CC1. The van der Waals surface area contributed by atoms with E-state index in [2.05, 4.69) is 0 Å². The van der Waals surface area contributed by atoms with E-state index in [1.165, 1.54) is 24.1 Å². The number of benzene rings is 1. The molecular formula is C13H14ClF2NO2.